The maximum atomic E-state index is 6.02. The number of thioether (sulfide) groups is 1. The molecule has 1 aromatic heterocycles. The number of nitrogens with one attached hydrogen (secondary N) is 2. The fraction of sp³-hybridized carbons (Fsp3) is 0.444. The summed E-state index contributed by atoms with van der Waals surface area (Å²) in [5.74, 6) is 0.785. The zero-order valence-corrected chi connectivity index (χ0v) is 19.5. The van der Waals surface area contributed by atoms with Crippen LogP contribution in [-0.2, 0) is 0 Å². The summed E-state index contributed by atoms with van der Waals surface area (Å²) >= 11 is 7.85. The molecule has 1 atom stereocenters. The molecule has 5 nitrogen and oxygen atoms in total. The van der Waals surface area contributed by atoms with Gasteiger partial charge in [-0.25, -0.2) is 0 Å². The van der Waals surface area contributed by atoms with Crippen molar-refractivity contribution in [2.45, 2.75) is 24.6 Å². The zero-order valence-electron chi connectivity index (χ0n) is 15.6. The van der Waals surface area contributed by atoms with E-state index >= 15 is 0 Å². The second-order valence-corrected chi connectivity index (χ2v) is 8.27. The van der Waals surface area contributed by atoms with Gasteiger partial charge in [0.2, 0.25) is 0 Å². The molecule has 0 radical (unpaired) electrons. The fourth-order valence-corrected chi connectivity index (χ4v) is 2.64. The van der Waals surface area contributed by atoms with Gasteiger partial charge in [-0.2, -0.15) is 16.9 Å². The summed E-state index contributed by atoms with van der Waals surface area (Å²) in [5, 5.41) is 11.9. The monoisotopic (exact) mass is 507 g/mol. The van der Waals surface area contributed by atoms with E-state index in [0.717, 1.165) is 23.1 Å². The number of halogens is 2. The predicted octanol–water partition coefficient (Wildman–Crippen LogP) is 4.05. The molecule has 0 fully saturated rings. The normalized spacial score (nSPS) is 13.0. The molecule has 144 valence electrons. The van der Waals surface area contributed by atoms with E-state index in [1.807, 2.05) is 53.0 Å². The van der Waals surface area contributed by atoms with E-state index in [1.165, 1.54) is 0 Å². The Morgan fingerprint density at radius 2 is 2.00 bits per heavy atom. The molecule has 2 rings (SSSR count). The van der Waals surface area contributed by atoms with E-state index in [4.69, 9.17) is 11.6 Å². The maximum Gasteiger partial charge on any atom is 0.191 e. The van der Waals surface area contributed by atoms with E-state index in [1.54, 1.807) is 13.2 Å². The van der Waals surface area contributed by atoms with E-state index in [-0.39, 0.29) is 34.8 Å². The van der Waals surface area contributed by atoms with Crippen LogP contribution < -0.4 is 10.6 Å². The molecular formula is C18H27ClIN5S. The summed E-state index contributed by atoms with van der Waals surface area (Å²) in [6.07, 6.45) is 5.87. The smallest absolute Gasteiger partial charge is 0.191 e. The third kappa shape index (κ3) is 7.00. The summed E-state index contributed by atoms with van der Waals surface area (Å²) < 4.78 is 2.09. The molecule has 0 saturated carbocycles. The minimum Gasteiger partial charge on any atom is -0.355 e. The second-order valence-electron chi connectivity index (χ2n) is 6.32. The van der Waals surface area contributed by atoms with Gasteiger partial charge in [-0.3, -0.25) is 9.67 Å². The molecule has 1 aromatic carbocycles. The Bertz CT molecular complexity index is 673. The number of nitrogens with zero attached hydrogens (tertiary/aromatic N) is 3. The van der Waals surface area contributed by atoms with Gasteiger partial charge >= 0.3 is 0 Å². The van der Waals surface area contributed by atoms with Gasteiger partial charge in [0.05, 0.1) is 6.04 Å². The molecule has 1 unspecified atom stereocenters. The van der Waals surface area contributed by atoms with Crippen LogP contribution in [0, 0.1) is 0 Å². The first kappa shape index (κ1) is 23.1. The van der Waals surface area contributed by atoms with Gasteiger partial charge in [-0.1, -0.05) is 23.7 Å². The van der Waals surface area contributed by atoms with Crippen LogP contribution in [-0.4, -0.2) is 46.9 Å². The predicted molar refractivity (Wildman–Crippen MR) is 124 cm³/mol. The van der Waals surface area contributed by atoms with Crippen molar-refractivity contribution in [3.8, 4) is 0 Å². The van der Waals surface area contributed by atoms with E-state index in [0.29, 0.717) is 6.54 Å². The molecule has 0 aliphatic carbocycles. The molecule has 8 heteroatoms. The Labute approximate surface area is 182 Å². The lowest BCUT2D eigenvalue weighted by atomic mass is 10.1. The second kappa shape index (κ2) is 11.0. The zero-order chi connectivity index (χ0) is 18.3. The van der Waals surface area contributed by atoms with Crippen LogP contribution in [0.3, 0.4) is 0 Å². The SMILES string of the molecule is CN=C(NCC(c1ccc(Cl)cc1)n1cccn1)NCC(C)(C)SC.I. The van der Waals surface area contributed by atoms with Crippen molar-refractivity contribution in [2.24, 2.45) is 4.99 Å². The average Bonchev–Trinajstić information content (AvgIpc) is 3.13. The van der Waals surface area contributed by atoms with Crippen LogP contribution >= 0.6 is 47.3 Å². The van der Waals surface area contributed by atoms with Gasteiger partial charge < -0.3 is 10.6 Å². The lowest BCUT2D eigenvalue weighted by Crippen LogP contribution is -2.45. The largest absolute Gasteiger partial charge is 0.355 e. The molecule has 2 N–H and O–H groups in total. The maximum absolute atomic E-state index is 6.02. The third-order valence-electron chi connectivity index (χ3n) is 4.02. The molecule has 0 amide bonds. The van der Waals surface area contributed by atoms with Crippen molar-refractivity contribution >= 4 is 53.3 Å². The quantitative estimate of drug-likeness (QED) is 0.337. The van der Waals surface area contributed by atoms with Crippen molar-refractivity contribution in [1.82, 2.24) is 20.4 Å². The summed E-state index contributed by atoms with van der Waals surface area (Å²) in [6.45, 7) is 5.92. The van der Waals surface area contributed by atoms with Crippen LogP contribution in [0.5, 0.6) is 0 Å². The van der Waals surface area contributed by atoms with Crippen LogP contribution in [0.1, 0.15) is 25.5 Å². The first-order valence-electron chi connectivity index (χ1n) is 8.19. The van der Waals surface area contributed by atoms with Crippen molar-refractivity contribution in [2.75, 3.05) is 26.4 Å². The molecule has 0 bridgehead atoms. The van der Waals surface area contributed by atoms with Crippen molar-refractivity contribution in [3.05, 3.63) is 53.3 Å². The highest BCUT2D eigenvalue weighted by molar-refractivity contribution is 14.0. The topological polar surface area (TPSA) is 54.2 Å². The van der Waals surface area contributed by atoms with Gasteiger partial charge in [0.15, 0.2) is 5.96 Å². The van der Waals surface area contributed by atoms with E-state index in [2.05, 4.69) is 40.8 Å². The number of aromatic nitrogens is 2. The summed E-state index contributed by atoms with van der Waals surface area (Å²) in [4.78, 5) is 4.32. The van der Waals surface area contributed by atoms with Gasteiger partial charge in [0.25, 0.3) is 0 Å². The van der Waals surface area contributed by atoms with Crippen LogP contribution in [0.25, 0.3) is 0 Å². The molecule has 0 saturated heterocycles. The highest BCUT2D eigenvalue weighted by atomic mass is 127. The number of hydrogen-bond donors (Lipinski definition) is 2. The van der Waals surface area contributed by atoms with Gasteiger partial charge in [-0.05, 0) is 43.9 Å². The van der Waals surface area contributed by atoms with Crippen molar-refractivity contribution in [3.63, 3.8) is 0 Å². The Morgan fingerprint density at radius 1 is 1.31 bits per heavy atom. The van der Waals surface area contributed by atoms with E-state index < -0.39 is 0 Å². The molecule has 2 aromatic rings. The average molecular weight is 508 g/mol. The Hall–Kier alpha value is -0.930. The van der Waals surface area contributed by atoms with Crippen molar-refractivity contribution in [1.29, 1.82) is 0 Å². The Kier molecular flexibility index (Phi) is 9.81. The number of rotatable bonds is 7. The molecular weight excluding hydrogens is 481 g/mol. The van der Waals surface area contributed by atoms with Crippen LogP contribution in [0.15, 0.2) is 47.7 Å². The van der Waals surface area contributed by atoms with E-state index in [9.17, 15) is 0 Å². The fourth-order valence-electron chi connectivity index (χ4n) is 2.30. The summed E-state index contributed by atoms with van der Waals surface area (Å²) in [6, 6.07) is 9.85. The molecule has 26 heavy (non-hydrogen) atoms. The lowest BCUT2D eigenvalue weighted by Gasteiger charge is -2.25. The molecule has 0 spiro atoms. The van der Waals surface area contributed by atoms with Gasteiger partial charge in [-0.15, -0.1) is 24.0 Å². The first-order valence-corrected chi connectivity index (χ1v) is 9.80. The summed E-state index contributed by atoms with van der Waals surface area (Å²) in [7, 11) is 1.78. The Morgan fingerprint density at radius 3 is 2.54 bits per heavy atom. The van der Waals surface area contributed by atoms with Crippen LogP contribution in [0.2, 0.25) is 5.02 Å². The highest BCUT2D eigenvalue weighted by Gasteiger charge is 2.18. The standard InChI is InChI=1S/C18H26ClN5S.HI/c1-18(2,25-4)13-22-17(20-3)21-12-16(24-11-5-10-23-24)14-6-8-15(19)9-7-14;/h5-11,16H,12-13H2,1-4H3,(H2,20,21,22);1H. The number of aliphatic imine (C=N–C) groups is 1. The number of hydrogen-bond acceptors (Lipinski definition) is 3. The van der Waals surface area contributed by atoms with Gasteiger partial charge in [0, 0.05) is 42.3 Å². The molecule has 1 heterocycles. The highest BCUT2D eigenvalue weighted by Crippen LogP contribution is 2.20. The molecule has 0 aliphatic rings. The number of benzene rings is 1. The first-order chi connectivity index (χ1) is 11.9. The number of guanidine groups is 1. The molecule has 0 aliphatic heterocycles. The minimum absolute atomic E-state index is 0. The summed E-state index contributed by atoms with van der Waals surface area (Å²) in [5.41, 5.74) is 1.14. The Balaban J connectivity index is 0.00000338. The third-order valence-corrected chi connectivity index (χ3v) is 5.52. The lowest BCUT2D eigenvalue weighted by molar-refractivity contribution is 0.509. The minimum atomic E-state index is 0. The van der Waals surface area contributed by atoms with Gasteiger partial charge in [0.1, 0.15) is 0 Å². The van der Waals surface area contributed by atoms with Crippen LogP contribution in [0.4, 0.5) is 0 Å². The van der Waals surface area contributed by atoms with Crippen molar-refractivity contribution < 1.29 is 0 Å².